The maximum Gasteiger partial charge on any atom is 0.333 e. The summed E-state index contributed by atoms with van der Waals surface area (Å²) in [7, 11) is 1.71. The summed E-state index contributed by atoms with van der Waals surface area (Å²) in [5, 5.41) is 3.45. The minimum Gasteiger partial charge on any atom is -0.378 e. The molecule has 3 aromatic carbocycles. The number of nitrogens with zero attached hydrogens (tertiary/aromatic N) is 4. The highest BCUT2D eigenvalue weighted by atomic mass is 16.5. The Morgan fingerprint density at radius 2 is 1.60 bits per heavy atom. The molecule has 2 aliphatic heterocycles. The number of carbonyl (C=O) groups excluding carboxylic acids is 1. The van der Waals surface area contributed by atoms with Crippen molar-refractivity contribution in [3.05, 3.63) is 107 Å². The summed E-state index contributed by atoms with van der Waals surface area (Å²) in [4.78, 5) is 32.6. The molecule has 1 aromatic heterocycles. The zero-order chi connectivity index (χ0) is 27.5. The number of anilines is 1. The fourth-order valence-electron chi connectivity index (χ4n) is 5.84. The molecule has 40 heavy (non-hydrogen) atoms. The van der Waals surface area contributed by atoms with Gasteiger partial charge in [0.2, 0.25) is 0 Å². The maximum atomic E-state index is 14.4. The van der Waals surface area contributed by atoms with Crippen molar-refractivity contribution in [3.8, 4) is 16.9 Å². The second kappa shape index (κ2) is 11.5. The summed E-state index contributed by atoms with van der Waals surface area (Å²) >= 11 is 0. The van der Waals surface area contributed by atoms with Crippen LogP contribution in [0.2, 0.25) is 0 Å². The van der Waals surface area contributed by atoms with E-state index in [9.17, 15) is 9.59 Å². The third kappa shape index (κ3) is 5.08. The Morgan fingerprint density at radius 3 is 2.35 bits per heavy atom. The molecule has 0 radical (unpaired) electrons. The van der Waals surface area contributed by atoms with Gasteiger partial charge < -0.3 is 19.9 Å². The molecule has 8 heteroatoms. The Balaban J connectivity index is 1.45. The minimum atomic E-state index is -0.240. The number of benzene rings is 3. The first-order valence-electron chi connectivity index (χ1n) is 14.0. The first-order chi connectivity index (χ1) is 19.6. The highest BCUT2D eigenvalue weighted by Crippen LogP contribution is 2.29. The van der Waals surface area contributed by atoms with Crippen molar-refractivity contribution in [2.24, 2.45) is 7.05 Å². The van der Waals surface area contributed by atoms with E-state index in [-0.39, 0.29) is 17.6 Å². The van der Waals surface area contributed by atoms with Gasteiger partial charge in [0.05, 0.1) is 24.6 Å². The number of imidazole rings is 1. The molecule has 2 fully saturated rings. The molecule has 0 aliphatic carbocycles. The van der Waals surface area contributed by atoms with Crippen molar-refractivity contribution in [2.75, 3.05) is 50.8 Å². The van der Waals surface area contributed by atoms with Gasteiger partial charge in [-0.05, 0) is 30.2 Å². The molecule has 2 aliphatic rings. The molecule has 3 heterocycles. The third-order valence-electron chi connectivity index (χ3n) is 7.90. The highest BCUT2D eigenvalue weighted by molar-refractivity contribution is 5.99. The largest absolute Gasteiger partial charge is 0.378 e. The molecule has 206 valence electrons. The Morgan fingerprint density at radius 1 is 0.900 bits per heavy atom. The van der Waals surface area contributed by atoms with Gasteiger partial charge in [-0.25, -0.2) is 4.79 Å². The highest BCUT2D eigenvalue weighted by Gasteiger charge is 2.33. The first-order valence-corrected chi connectivity index (χ1v) is 14.0. The molecule has 2 saturated heterocycles. The molecule has 1 atom stereocenters. The quantitative estimate of drug-likeness (QED) is 0.409. The summed E-state index contributed by atoms with van der Waals surface area (Å²) in [6, 6.07) is 28.0. The maximum absolute atomic E-state index is 14.4. The number of carbonyl (C=O) groups is 1. The standard InChI is InChI=1S/C32H35N5O3/c1-34-30(31(38)36-16-15-33-23-28(36)21-24-9-4-2-5-10-24)29(25-11-6-3-7-12-25)37(32(34)39)27-14-8-13-26(22-27)35-17-19-40-20-18-35/h2-14,22,28,33H,15-21,23H2,1H3. The lowest BCUT2D eigenvalue weighted by Crippen LogP contribution is -2.55. The molecule has 0 bridgehead atoms. The van der Waals surface area contributed by atoms with E-state index in [0.717, 1.165) is 36.4 Å². The Kier molecular flexibility index (Phi) is 7.53. The summed E-state index contributed by atoms with van der Waals surface area (Å²) < 4.78 is 8.75. The second-order valence-electron chi connectivity index (χ2n) is 10.4. The summed E-state index contributed by atoms with van der Waals surface area (Å²) in [5.41, 5.74) is 4.58. The van der Waals surface area contributed by atoms with Crippen molar-refractivity contribution in [1.82, 2.24) is 19.4 Å². The number of hydrogen-bond donors (Lipinski definition) is 1. The van der Waals surface area contributed by atoms with E-state index in [1.165, 1.54) is 10.1 Å². The van der Waals surface area contributed by atoms with Crippen LogP contribution in [0.5, 0.6) is 0 Å². The molecule has 0 spiro atoms. The average Bonchev–Trinajstić information content (AvgIpc) is 3.28. The van der Waals surface area contributed by atoms with Gasteiger partial charge in [-0.2, -0.15) is 0 Å². The molecular weight excluding hydrogens is 502 g/mol. The van der Waals surface area contributed by atoms with Gasteiger partial charge in [0.1, 0.15) is 5.69 Å². The van der Waals surface area contributed by atoms with E-state index >= 15 is 0 Å². The van der Waals surface area contributed by atoms with Crippen molar-refractivity contribution < 1.29 is 9.53 Å². The molecule has 1 amide bonds. The number of nitrogens with one attached hydrogen (secondary N) is 1. The number of piperazine rings is 1. The molecule has 6 rings (SSSR count). The predicted molar refractivity (Wildman–Crippen MR) is 157 cm³/mol. The van der Waals surface area contributed by atoms with Gasteiger partial charge in [-0.1, -0.05) is 66.7 Å². The van der Waals surface area contributed by atoms with Crippen LogP contribution in [0.15, 0.2) is 89.7 Å². The molecule has 8 nitrogen and oxygen atoms in total. The topological polar surface area (TPSA) is 71.7 Å². The molecule has 1 unspecified atom stereocenters. The Hall–Kier alpha value is -4.14. The fourth-order valence-corrected chi connectivity index (χ4v) is 5.84. The number of amides is 1. The van der Waals surface area contributed by atoms with E-state index in [2.05, 4.69) is 28.4 Å². The normalized spacial score (nSPS) is 17.7. The predicted octanol–water partition coefficient (Wildman–Crippen LogP) is 3.34. The number of aromatic nitrogens is 2. The number of morpholine rings is 1. The SMILES string of the molecule is Cn1c(C(=O)N2CCNCC2Cc2ccccc2)c(-c2ccccc2)n(-c2cccc(N3CCOCC3)c2)c1=O. The number of hydrogen-bond acceptors (Lipinski definition) is 5. The van der Waals surface area contributed by atoms with Crippen LogP contribution in [-0.4, -0.2) is 71.9 Å². The van der Waals surface area contributed by atoms with Crippen LogP contribution < -0.4 is 15.9 Å². The van der Waals surface area contributed by atoms with Crippen LogP contribution >= 0.6 is 0 Å². The summed E-state index contributed by atoms with van der Waals surface area (Å²) in [5.74, 6) is -0.121. The lowest BCUT2D eigenvalue weighted by atomic mass is 10.0. The Bertz CT molecular complexity index is 1520. The van der Waals surface area contributed by atoms with Gasteiger partial charge in [-0.15, -0.1) is 0 Å². The third-order valence-corrected chi connectivity index (χ3v) is 7.90. The Labute approximate surface area is 234 Å². The van der Waals surface area contributed by atoms with Crippen LogP contribution in [0.1, 0.15) is 16.1 Å². The lowest BCUT2D eigenvalue weighted by molar-refractivity contribution is 0.0626. The molecule has 0 saturated carbocycles. The molecular formula is C32H35N5O3. The van der Waals surface area contributed by atoms with E-state index in [0.29, 0.717) is 44.2 Å². The fraction of sp³-hybridized carbons (Fsp3) is 0.312. The van der Waals surface area contributed by atoms with Crippen LogP contribution in [0, 0.1) is 0 Å². The second-order valence-corrected chi connectivity index (χ2v) is 10.4. The zero-order valence-electron chi connectivity index (χ0n) is 22.8. The van der Waals surface area contributed by atoms with Crippen molar-refractivity contribution in [1.29, 1.82) is 0 Å². The van der Waals surface area contributed by atoms with Crippen LogP contribution in [0.25, 0.3) is 16.9 Å². The van der Waals surface area contributed by atoms with Gasteiger partial charge in [0, 0.05) is 57.1 Å². The molecule has 4 aromatic rings. The van der Waals surface area contributed by atoms with Crippen LogP contribution in [0.3, 0.4) is 0 Å². The van der Waals surface area contributed by atoms with Crippen molar-refractivity contribution in [3.63, 3.8) is 0 Å². The number of rotatable bonds is 6. The lowest BCUT2D eigenvalue weighted by Gasteiger charge is -2.36. The van der Waals surface area contributed by atoms with E-state index in [1.54, 1.807) is 11.6 Å². The van der Waals surface area contributed by atoms with Crippen LogP contribution in [0.4, 0.5) is 5.69 Å². The first kappa shape index (κ1) is 26.1. The minimum absolute atomic E-state index is 0.0182. The van der Waals surface area contributed by atoms with E-state index in [1.807, 2.05) is 71.6 Å². The van der Waals surface area contributed by atoms with E-state index in [4.69, 9.17) is 4.74 Å². The summed E-state index contributed by atoms with van der Waals surface area (Å²) in [6.45, 7) is 4.96. The van der Waals surface area contributed by atoms with Gasteiger partial charge in [-0.3, -0.25) is 13.9 Å². The smallest absolute Gasteiger partial charge is 0.333 e. The van der Waals surface area contributed by atoms with Crippen molar-refractivity contribution in [2.45, 2.75) is 12.5 Å². The van der Waals surface area contributed by atoms with Crippen molar-refractivity contribution >= 4 is 11.6 Å². The average molecular weight is 538 g/mol. The van der Waals surface area contributed by atoms with Gasteiger partial charge in [0.25, 0.3) is 5.91 Å². The molecule has 1 N–H and O–H groups in total. The van der Waals surface area contributed by atoms with E-state index < -0.39 is 0 Å². The zero-order valence-corrected chi connectivity index (χ0v) is 22.8. The van der Waals surface area contributed by atoms with Crippen LogP contribution in [-0.2, 0) is 18.2 Å². The number of ether oxygens (including phenoxy) is 1. The van der Waals surface area contributed by atoms with Gasteiger partial charge in [0.15, 0.2) is 0 Å². The van der Waals surface area contributed by atoms with Gasteiger partial charge >= 0.3 is 5.69 Å². The monoisotopic (exact) mass is 537 g/mol. The summed E-state index contributed by atoms with van der Waals surface area (Å²) in [6.07, 6.45) is 0.747.